The zero-order valence-corrected chi connectivity index (χ0v) is 9.57. The van der Waals surface area contributed by atoms with Crippen LogP contribution in [0.15, 0.2) is 0 Å². The molecule has 0 aromatic heterocycles. The minimum absolute atomic E-state index is 0.189. The molecule has 0 bridgehead atoms. The van der Waals surface area contributed by atoms with Crippen LogP contribution in [0.4, 0.5) is 0 Å². The zero-order valence-electron chi connectivity index (χ0n) is 9.57. The van der Waals surface area contributed by atoms with Crippen LogP contribution in [0.1, 0.15) is 39.5 Å². The van der Waals surface area contributed by atoms with Gasteiger partial charge in [-0.1, -0.05) is 13.8 Å². The van der Waals surface area contributed by atoms with Crippen molar-refractivity contribution in [2.24, 2.45) is 23.7 Å². The topological polar surface area (TPSA) is 37.3 Å². The number of hydrogen-bond donors (Lipinski definition) is 1. The summed E-state index contributed by atoms with van der Waals surface area (Å²) < 4.78 is 0. The molecule has 84 valence electrons. The fourth-order valence-corrected chi connectivity index (χ4v) is 2.61. The fourth-order valence-electron chi connectivity index (χ4n) is 2.61. The van der Waals surface area contributed by atoms with E-state index in [1.165, 1.54) is 0 Å². The standard InChI is InChI=1S/C13H20O2/c1-4-5-11-8-10(9(2)3)6-7-12(11)13(14)15/h1,9-12H,5-8H2,2-3H3,(H,14,15). The number of terminal acetylenes is 1. The summed E-state index contributed by atoms with van der Waals surface area (Å²) in [4.78, 5) is 11.0. The largest absolute Gasteiger partial charge is 0.481 e. The summed E-state index contributed by atoms with van der Waals surface area (Å²) in [6.07, 6.45) is 8.73. The average molecular weight is 208 g/mol. The average Bonchev–Trinajstić information content (AvgIpc) is 2.17. The van der Waals surface area contributed by atoms with E-state index < -0.39 is 5.97 Å². The van der Waals surface area contributed by atoms with E-state index >= 15 is 0 Å². The van der Waals surface area contributed by atoms with Crippen molar-refractivity contribution in [3.63, 3.8) is 0 Å². The number of rotatable bonds is 3. The molecule has 1 aliphatic rings. The van der Waals surface area contributed by atoms with Gasteiger partial charge in [0.25, 0.3) is 0 Å². The molecule has 1 aliphatic carbocycles. The summed E-state index contributed by atoms with van der Waals surface area (Å²) in [5.74, 6) is 3.22. The normalized spacial score (nSPS) is 31.2. The van der Waals surface area contributed by atoms with Gasteiger partial charge < -0.3 is 5.11 Å². The van der Waals surface area contributed by atoms with Gasteiger partial charge in [-0.2, -0.15) is 0 Å². The Kier molecular flexibility index (Phi) is 4.20. The Labute approximate surface area is 92.1 Å². The van der Waals surface area contributed by atoms with Crippen LogP contribution in [-0.2, 0) is 4.79 Å². The first-order valence-corrected chi connectivity index (χ1v) is 5.72. The second-order valence-electron chi connectivity index (χ2n) is 4.93. The summed E-state index contributed by atoms with van der Waals surface area (Å²) in [6.45, 7) is 4.41. The van der Waals surface area contributed by atoms with Crippen molar-refractivity contribution in [3.8, 4) is 12.3 Å². The second kappa shape index (κ2) is 5.21. The molecule has 0 radical (unpaired) electrons. The van der Waals surface area contributed by atoms with Gasteiger partial charge in [0.2, 0.25) is 0 Å². The van der Waals surface area contributed by atoms with Crippen LogP contribution in [0.5, 0.6) is 0 Å². The smallest absolute Gasteiger partial charge is 0.306 e. The molecule has 2 heteroatoms. The van der Waals surface area contributed by atoms with Crippen LogP contribution < -0.4 is 0 Å². The summed E-state index contributed by atoms with van der Waals surface area (Å²) in [5.41, 5.74) is 0. The van der Waals surface area contributed by atoms with E-state index in [9.17, 15) is 4.79 Å². The van der Waals surface area contributed by atoms with E-state index in [1.54, 1.807) is 0 Å². The van der Waals surface area contributed by atoms with Gasteiger partial charge >= 0.3 is 5.97 Å². The minimum atomic E-state index is -0.669. The SMILES string of the molecule is C#CCC1CC(C(C)C)CCC1C(=O)O. The van der Waals surface area contributed by atoms with Crippen molar-refractivity contribution in [1.82, 2.24) is 0 Å². The summed E-state index contributed by atoms with van der Waals surface area (Å²) in [6, 6.07) is 0. The van der Waals surface area contributed by atoms with E-state index in [0.29, 0.717) is 18.3 Å². The Bertz CT molecular complexity index is 262. The Balaban J connectivity index is 2.65. The molecule has 1 N–H and O–H groups in total. The monoisotopic (exact) mass is 208 g/mol. The molecule has 1 fully saturated rings. The number of carboxylic acid groups (broad SMARTS) is 1. The molecule has 0 aliphatic heterocycles. The third kappa shape index (κ3) is 2.99. The summed E-state index contributed by atoms with van der Waals surface area (Å²) in [5, 5.41) is 9.09. The van der Waals surface area contributed by atoms with Gasteiger partial charge in [0.1, 0.15) is 0 Å². The molecular weight excluding hydrogens is 188 g/mol. The fraction of sp³-hybridized carbons (Fsp3) is 0.769. The van der Waals surface area contributed by atoms with Crippen LogP contribution in [-0.4, -0.2) is 11.1 Å². The van der Waals surface area contributed by atoms with Gasteiger partial charge in [-0.3, -0.25) is 4.79 Å². The first-order chi connectivity index (χ1) is 7.06. The Morgan fingerprint density at radius 3 is 2.67 bits per heavy atom. The second-order valence-corrected chi connectivity index (χ2v) is 4.93. The maximum Gasteiger partial charge on any atom is 0.306 e. The molecular formula is C13H20O2. The lowest BCUT2D eigenvalue weighted by atomic mass is 9.69. The van der Waals surface area contributed by atoms with E-state index in [2.05, 4.69) is 19.8 Å². The Morgan fingerprint density at radius 2 is 2.20 bits per heavy atom. The van der Waals surface area contributed by atoms with E-state index in [0.717, 1.165) is 19.3 Å². The zero-order chi connectivity index (χ0) is 11.4. The third-order valence-corrected chi connectivity index (χ3v) is 3.66. The lowest BCUT2D eigenvalue weighted by Gasteiger charge is -2.35. The van der Waals surface area contributed by atoms with Crippen LogP contribution >= 0.6 is 0 Å². The first kappa shape index (κ1) is 12.1. The van der Waals surface area contributed by atoms with Gasteiger partial charge in [0, 0.05) is 6.42 Å². The summed E-state index contributed by atoms with van der Waals surface area (Å²) >= 11 is 0. The first-order valence-electron chi connectivity index (χ1n) is 5.72. The van der Waals surface area contributed by atoms with Gasteiger partial charge in [0.15, 0.2) is 0 Å². The third-order valence-electron chi connectivity index (χ3n) is 3.66. The molecule has 2 nitrogen and oxygen atoms in total. The van der Waals surface area contributed by atoms with Gasteiger partial charge in [-0.25, -0.2) is 0 Å². The predicted molar refractivity (Wildman–Crippen MR) is 60.2 cm³/mol. The number of carboxylic acids is 1. The molecule has 3 unspecified atom stereocenters. The highest BCUT2D eigenvalue weighted by molar-refractivity contribution is 5.70. The van der Waals surface area contributed by atoms with Crippen molar-refractivity contribution in [2.45, 2.75) is 39.5 Å². The predicted octanol–water partition coefficient (Wildman–Crippen LogP) is 2.78. The quantitative estimate of drug-likeness (QED) is 0.724. The highest BCUT2D eigenvalue weighted by Gasteiger charge is 2.35. The molecule has 0 heterocycles. The minimum Gasteiger partial charge on any atom is -0.481 e. The molecule has 1 rings (SSSR count). The lowest BCUT2D eigenvalue weighted by Crippen LogP contribution is -2.32. The Morgan fingerprint density at radius 1 is 1.53 bits per heavy atom. The maximum atomic E-state index is 11.0. The van der Waals surface area contributed by atoms with Crippen molar-refractivity contribution < 1.29 is 9.90 Å². The Hall–Kier alpha value is -0.970. The van der Waals surface area contributed by atoms with E-state index in [1.807, 2.05) is 0 Å². The lowest BCUT2D eigenvalue weighted by molar-refractivity contribution is -0.145. The van der Waals surface area contributed by atoms with Gasteiger partial charge in [0.05, 0.1) is 5.92 Å². The molecule has 0 amide bonds. The van der Waals surface area contributed by atoms with Gasteiger partial charge in [-0.15, -0.1) is 12.3 Å². The van der Waals surface area contributed by atoms with Crippen molar-refractivity contribution in [3.05, 3.63) is 0 Å². The molecule has 0 aromatic rings. The molecule has 0 aromatic carbocycles. The van der Waals surface area contributed by atoms with Crippen LogP contribution in [0, 0.1) is 36.0 Å². The van der Waals surface area contributed by atoms with E-state index in [-0.39, 0.29) is 11.8 Å². The van der Waals surface area contributed by atoms with Crippen molar-refractivity contribution in [2.75, 3.05) is 0 Å². The van der Waals surface area contributed by atoms with Crippen molar-refractivity contribution in [1.29, 1.82) is 0 Å². The molecule has 0 spiro atoms. The highest BCUT2D eigenvalue weighted by atomic mass is 16.4. The number of aliphatic carboxylic acids is 1. The van der Waals surface area contributed by atoms with Gasteiger partial charge in [-0.05, 0) is 37.0 Å². The van der Waals surface area contributed by atoms with Crippen LogP contribution in [0.25, 0.3) is 0 Å². The highest BCUT2D eigenvalue weighted by Crippen LogP contribution is 2.39. The molecule has 15 heavy (non-hydrogen) atoms. The number of hydrogen-bond acceptors (Lipinski definition) is 1. The molecule has 0 saturated heterocycles. The van der Waals surface area contributed by atoms with Crippen molar-refractivity contribution >= 4 is 5.97 Å². The van der Waals surface area contributed by atoms with Crippen LogP contribution in [0.3, 0.4) is 0 Å². The maximum absolute atomic E-state index is 11.0. The number of carbonyl (C=O) groups is 1. The van der Waals surface area contributed by atoms with E-state index in [4.69, 9.17) is 11.5 Å². The molecule has 1 saturated carbocycles. The summed E-state index contributed by atoms with van der Waals surface area (Å²) in [7, 11) is 0. The van der Waals surface area contributed by atoms with Crippen LogP contribution in [0.2, 0.25) is 0 Å². The molecule has 3 atom stereocenters.